The maximum absolute atomic E-state index is 13.3. The Morgan fingerprint density at radius 2 is 1.93 bits per heavy atom. The summed E-state index contributed by atoms with van der Waals surface area (Å²) in [4.78, 5) is 12.7. The number of rotatable bonds is 3. The van der Waals surface area contributed by atoms with Gasteiger partial charge in [0.05, 0.1) is 16.9 Å². The Balaban J connectivity index is 1.82. The molecule has 0 unspecified atom stereocenters. The third-order valence-corrected chi connectivity index (χ3v) is 5.25. The molecule has 1 aromatic heterocycles. The number of Topliss-reactive ketones (excluding diaryl/α,β-unsaturated/α-hetero) is 1. The zero-order chi connectivity index (χ0) is 19.1. The Morgan fingerprint density at radius 3 is 2.63 bits per heavy atom. The fraction of sp³-hybridized carbons (Fsp3) is 0.238. The Kier molecular flexibility index (Phi) is 4.48. The van der Waals surface area contributed by atoms with Crippen LogP contribution in [0.1, 0.15) is 35.0 Å². The molecule has 27 heavy (non-hydrogen) atoms. The van der Waals surface area contributed by atoms with E-state index in [1.165, 1.54) is 12.1 Å². The van der Waals surface area contributed by atoms with Crippen LogP contribution < -0.4 is 5.32 Å². The molecule has 1 aliphatic rings. The van der Waals surface area contributed by atoms with Gasteiger partial charge in [-0.25, -0.2) is 9.07 Å². The lowest BCUT2D eigenvalue weighted by Crippen LogP contribution is -2.19. The molecule has 0 bridgehead atoms. The number of benzene rings is 2. The van der Waals surface area contributed by atoms with E-state index in [4.69, 9.17) is 11.6 Å². The number of anilines is 2. The van der Waals surface area contributed by atoms with Crippen LogP contribution in [-0.2, 0) is 6.42 Å². The van der Waals surface area contributed by atoms with Crippen molar-refractivity contribution >= 4 is 28.9 Å². The molecule has 2 aromatic carbocycles. The first-order chi connectivity index (χ1) is 12.9. The van der Waals surface area contributed by atoms with Gasteiger partial charge in [-0.1, -0.05) is 24.6 Å². The summed E-state index contributed by atoms with van der Waals surface area (Å²) in [5.74, 6) is 0.503. The van der Waals surface area contributed by atoms with Gasteiger partial charge >= 0.3 is 0 Å². The lowest BCUT2D eigenvalue weighted by atomic mass is 9.87. The number of fused-ring (bicyclic) bond motifs is 1. The summed E-state index contributed by atoms with van der Waals surface area (Å²) in [6.07, 6.45) is 1.23. The van der Waals surface area contributed by atoms with E-state index in [2.05, 4.69) is 17.3 Å². The summed E-state index contributed by atoms with van der Waals surface area (Å²) >= 11 is 6.22. The topological polar surface area (TPSA) is 46.9 Å². The van der Waals surface area contributed by atoms with Crippen LogP contribution in [0.2, 0.25) is 5.02 Å². The van der Waals surface area contributed by atoms with E-state index in [1.807, 2.05) is 25.1 Å². The van der Waals surface area contributed by atoms with Crippen molar-refractivity contribution in [1.82, 2.24) is 9.78 Å². The van der Waals surface area contributed by atoms with Crippen molar-refractivity contribution in [3.63, 3.8) is 0 Å². The molecule has 0 saturated carbocycles. The number of carbonyl (C=O) groups excluding carboxylic acids is 1. The Labute approximate surface area is 162 Å². The van der Waals surface area contributed by atoms with Crippen molar-refractivity contribution in [2.75, 3.05) is 5.32 Å². The van der Waals surface area contributed by atoms with Gasteiger partial charge in [0.25, 0.3) is 0 Å². The minimum absolute atomic E-state index is 0.0674. The van der Waals surface area contributed by atoms with Gasteiger partial charge in [0.1, 0.15) is 5.82 Å². The zero-order valence-corrected chi connectivity index (χ0v) is 15.8. The predicted octanol–water partition coefficient (Wildman–Crippen LogP) is 5.48. The third kappa shape index (κ3) is 3.35. The number of aromatic nitrogens is 2. The van der Waals surface area contributed by atoms with Gasteiger partial charge in [0.2, 0.25) is 0 Å². The molecule has 0 spiro atoms. The van der Waals surface area contributed by atoms with E-state index in [1.54, 1.807) is 16.8 Å². The molecule has 0 saturated heterocycles. The summed E-state index contributed by atoms with van der Waals surface area (Å²) < 4.78 is 15.1. The van der Waals surface area contributed by atoms with Crippen LogP contribution in [0.15, 0.2) is 42.5 Å². The predicted molar refractivity (Wildman–Crippen MR) is 105 cm³/mol. The fourth-order valence-corrected chi connectivity index (χ4v) is 3.63. The number of ketones is 1. The smallest absolute Gasteiger partial charge is 0.168 e. The average Bonchev–Trinajstić information content (AvgIpc) is 2.97. The van der Waals surface area contributed by atoms with E-state index in [0.29, 0.717) is 22.8 Å². The normalized spacial score (nSPS) is 16.3. The van der Waals surface area contributed by atoms with E-state index in [-0.39, 0.29) is 17.5 Å². The molecule has 1 atom stereocenters. The van der Waals surface area contributed by atoms with E-state index in [0.717, 1.165) is 29.1 Å². The summed E-state index contributed by atoms with van der Waals surface area (Å²) in [5.41, 5.74) is 3.93. The molecule has 6 heteroatoms. The summed E-state index contributed by atoms with van der Waals surface area (Å²) in [6, 6.07) is 11.8. The fourth-order valence-electron chi connectivity index (χ4n) is 3.45. The van der Waals surface area contributed by atoms with Crippen molar-refractivity contribution in [2.45, 2.75) is 26.7 Å². The first-order valence-electron chi connectivity index (χ1n) is 8.86. The quantitative estimate of drug-likeness (QED) is 0.651. The number of nitrogens with one attached hydrogen (secondary N) is 1. The Bertz CT molecular complexity index is 1030. The molecule has 3 aromatic rings. The second-order valence-electron chi connectivity index (χ2n) is 7.08. The van der Waals surface area contributed by atoms with Crippen LogP contribution in [0.5, 0.6) is 0 Å². The second kappa shape index (κ2) is 6.82. The summed E-state index contributed by atoms with van der Waals surface area (Å²) in [7, 11) is 0. The first kappa shape index (κ1) is 17.7. The molecule has 138 valence electrons. The van der Waals surface area contributed by atoms with Gasteiger partial charge in [0.15, 0.2) is 11.6 Å². The molecule has 4 rings (SSSR count). The number of nitrogens with zero attached hydrogens (tertiary/aromatic N) is 2. The van der Waals surface area contributed by atoms with Crippen LogP contribution in [0.4, 0.5) is 15.9 Å². The van der Waals surface area contributed by atoms with Crippen LogP contribution in [0, 0.1) is 18.7 Å². The van der Waals surface area contributed by atoms with Crippen LogP contribution in [-0.4, -0.2) is 15.6 Å². The highest BCUT2D eigenvalue weighted by molar-refractivity contribution is 6.31. The highest BCUT2D eigenvalue weighted by atomic mass is 35.5. The number of halogens is 2. The van der Waals surface area contributed by atoms with E-state index >= 15 is 0 Å². The molecule has 1 aliphatic carbocycles. The maximum atomic E-state index is 13.3. The van der Waals surface area contributed by atoms with Gasteiger partial charge < -0.3 is 5.32 Å². The summed E-state index contributed by atoms with van der Waals surface area (Å²) in [5, 5.41) is 8.52. The minimum Gasteiger partial charge on any atom is -0.338 e. The van der Waals surface area contributed by atoms with Crippen LogP contribution in [0.3, 0.4) is 0 Å². The van der Waals surface area contributed by atoms with E-state index in [9.17, 15) is 9.18 Å². The van der Waals surface area contributed by atoms with Gasteiger partial charge in [-0.3, -0.25) is 4.79 Å². The minimum atomic E-state index is -0.308. The standard InChI is InChI=1S/C21H19ClFN3O/c1-12-9-18-20(19(27)10-12)21(24-15-6-3-13(2)17(22)11-15)25-26(18)16-7-4-14(23)5-8-16/h3-8,11-12H,9-10H2,1-2H3,(H,24,25)/t12-/m0/s1. The maximum Gasteiger partial charge on any atom is 0.168 e. The highest BCUT2D eigenvalue weighted by Crippen LogP contribution is 2.34. The first-order valence-corrected chi connectivity index (χ1v) is 9.24. The number of hydrogen-bond acceptors (Lipinski definition) is 3. The molecule has 0 aliphatic heterocycles. The lowest BCUT2D eigenvalue weighted by Gasteiger charge is -2.19. The SMILES string of the molecule is Cc1ccc(Nc2nn(-c3ccc(F)cc3)c3c2C(=O)C[C@@H](C)C3)cc1Cl. The third-order valence-electron chi connectivity index (χ3n) is 4.84. The second-order valence-corrected chi connectivity index (χ2v) is 7.49. The van der Waals surface area contributed by atoms with Gasteiger partial charge in [-0.05, 0) is 61.2 Å². The van der Waals surface area contributed by atoms with Gasteiger partial charge in [-0.15, -0.1) is 5.10 Å². The van der Waals surface area contributed by atoms with Crippen LogP contribution >= 0.6 is 11.6 Å². The molecular weight excluding hydrogens is 365 g/mol. The zero-order valence-electron chi connectivity index (χ0n) is 15.1. The Morgan fingerprint density at radius 1 is 1.19 bits per heavy atom. The molecule has 0 radical (unpaired) electrons. The molecule has 4 nitrogen and oxygen atoms in total. The number of aryl methyl sites for hydroxylation is 1. The lowest BCUT2D eigenvalue weighted by molar-refractivity contribution is 0.0953. The molecule has 1 heterocycles. The largest absolute Gasteiger partial charge is 0.338 e. The highest BCUT2D eigenvalue weighted by Gasteiger charge is 2.31. The average molecular weight is 384 g/mol. The molecular formula is C21H19ClFN3O. The van der Waals surface area contributed by atoms with Crippen molar-refractivity contribution in [1.29, 1.82) is 0 Å². The van der Waals surface area contributed by atoms with Gasteiger partial charge in [0, 0.05) is 17.1 Å². The van der Waals surface area contributed by atoms with E-state index < -0.39 is 0 Å². The van der Waals surface area contributed by atoms with Crippen molar-refractivity contribution < 1.29 is 9.18 Å². The Hall–Kier alpha value is -2.66. The van der Waals surface area contributed by atoms with Crippen molar-refractivity contribution in [2.24, 2.45) is 5.92 Å². The molecule has 0 fully saturated rings. The summed E-state index contributed by atoms with van der Waals surface area (Å²) in [6.45, 7) is 3.98. The van der Waals surface area contributed by atoms with Crippen molar-refractivity contribution in [3.8, 4) is 5.69 Å². The van der Waals surface area contributed by atoms with Crippen molar-refractivity contribution in [3.05, 3.63) is 70.1 Å². The van der Waals surface area contributed by atoms with Gasteiger partial charge in [-0.2, -0.15) is 0 Å². The van der Waals surface area contributed by atoms with Crippen LogP contribution in [0.25, 0.3) is 5.69 Å². The number of hydrogen-bond donors (Lipinski definition) is 1. The molecule has 1 N–H and O–H groups in total. The number of carbonyl (C=O) groups is 1. The monoisotopic (exact) mass is 383 g/mol. The molecule has 0 amide bonds.